The lowest BCUT2D eigenvalue weighted by Crippen LogP contribution is -2.16. The number of carboxylic acid groups (broad SMARTS) is 1. The molecule has 1 aromatic carbocycles. The van der Waals surface area contributed by atoms with E-state index >= 15 is 0 Å². The van der Waals surface area contributed by atoms with Crippen molar-refractivity contribution in [2.24, 2.45) is 5.10 Å². The Balaban J connectivity index is 2.07. The molecule has 1 aromatic heterocycles. The van der Waals surface area contributed by atoms with Gasteiger partial charge in [0.05, 0.1) is 11.1 Å². The summed E-state index contributed by atoms with van der Waals surface area (Å²) in [7, 11) is 0. The first-order chi connectivity index (χ1) is 10.6. The Morgan fingerprint density at radius 2 is 2.23 bits per heavy atom. The molecule has 0 unspecified atom stereocenters. The number of benzene rings is 1. The van der Waals surface area contributed by atoms with Crippen molar-refractivity contribution in [3.05, 3.63) is 50.6 Å². The maximum atomic E-state index is 11.7. The SMILES string of the molecule is O=C(O)COc1ccc(Br)cc1/C=N/NC(=O)c1cccs1. The van der Waals surface area contributed by atoms with Crippen LogP contribution in [0.5, 0.6) is 5.75 Å². The molecule has 0 aliphatic heterocycles. The Hall–Kier alpha value is -2.19. The average molecular weight is 383 g/mol. The molecule has 2 N–H and O–H groups in total. The quantitative estimate of drug-likeness (QED) is 0.593. The van der Waals surface area contributed by atoms with Gasteiger partial charge in [0.25, 0.3) is 5.91 Å². The van der Waals surface area contributed by atoms with E-state index in [9.17, 15) is 9.59 Å². The van der Waals surface area contributed by atoms with Crippen LogP contribution in [0.3, 0.4) is 0 Å². The predicted octanol–water partition coefficient (Wildman–Crippen LogP) is 2.74. The molecule has 0 saturated carbocycles. The lowest BCUT2D eigenvalue weighted by molar-refractivity contribution is -0.139. The van der Waals surface area contributed by atoms with Crippen molar-refractivity contribution in [3.8, 4) is 5.75 Å². The first-order valence-corrected chi connectivity index (χ1v) is 7.74. The van der Waals surface area contributed by atoms with Crippen LogP contribution >= 0.6 is 27.3 Å². The number of thiophene rings is 1. The van der Waals surface area contributed by atoms with Crippen LogP contribution in [-0.2, 0) is 4.79 Å². The van der Waals surface area contributed by atoms with Crippen molar-refractivity contribution in [3.63, 3.8) is 0 Å². The van der Waals surface area contributed by atoms with Gasteiger partial charge in [-0.3, -0.25) is 4.79 Å². The van der Waals surface area contributed by atoms with Crippen LogP contribution in [0, 0.1) is 0 Å². The van der Waals surface area contributed by atoms with Crippen LogP contribution in [-0.4, -0.2) is 29.8 Å². The summed E-state index contributed by atoms with van der Waals surface area (Å²) in [5.74, 6) is -1.02. The Bertz CT molecular complexity index is 701. The maximum Gasteiger partial charge on any atom is 0.341 e. The molecule has 0 atom stereocenters. The molecular formula is C14H11BrN2O4S. The Kier molecular flexibility index (Phi) is 5.68. The van der Waals surface area contributed by atoms with Crippen LogP contribution < -0.4 is 10.2 Å². The molecule has 2 aromatic rings. The fraction of sp³-hybridized carbons (Fsp3) is 0.0714. The van der Waals surface area contributed by atoms with Crippen molar-refractivity contribution >= 4 is 45.4 Å². The van der Waals surface area contributed by atoms with Gasteiger partial charge in [0, 0.05) is 10.0 Å². The van der Waals surface area contributed by atoms with Crippen molar-refractivity contribution in [1.82, 2.24) is 5.43 Å². The number of hydrazone groups is 1. The molecule has 2 rings (SSSR count). The zero-order valence-electron chi connectivity index (χ0n) is 11.2. The van der Waals surface area contributed by atoms with E-state index in [0.717, 1.165) is 4.47 Å². The largest absolute Gasteiger partial charge is 0.481 e. The molecule has 1 heterocycles. The van der Waals surface area contributed by atoms with Crippen LogP contribution in [0.15, 0.2) is 45.3 Å². The smallest absolute Gasteiger partial charge is 0.341 e. The number of aliphatic carboxylic acids is 1. The van der Waals surface area contributed by atoms with Crippen molar-refractivity contribution < 1.29 is 19.4 Å². The lowest BCUT2D eigenvalue weighted by Gasteiger charge is -2.07. The van der Waals surface area contributed by atoms with E-state index in [1.165, 1.54) is 17.6 Å². The molecule has 0 fully saturated rings. The van der Waals surface area contributed by atoms with Gasteiger partial charge in [-0.25, -0.2) is 10.2 Å². The summed E-state index contributed by atoms with van der Waals surface area (Å²) in [6.07, 6.45) is 1.40. The molecule has 114 valence electrons. The molecule has 0 saturated heterocycles. The van der Waals surface area contributed by atoms with Gasteiger partial charge in [-0.15, -0.1) is 11.3 Å². The summed E-state index contributed by atoms with van der Waals surface area (Å²) in [6, 6.07) is 8.51. The summed E-state index contributed by atoms with van der Waals surface area (Å²) >= 11 is 4.62. The monoisotopic (exact) mass is 382 g/mol. The van der Waals surface area contributed by atoms with Crippen LogP contribution in [0.1, 0.15) is 15.2 Å². The fourth-order valence-electron chi connectivity index (χ4n) is 1.51. The van der Waals surface area contributed by atoms with E-state index in [-0.39, 0.29) is 5.91 Å². The Labute approximate surface area is 138 Å². The summed E-state index contributed by atoms with van der Waals surface area (Å²) < 4.78 is 5.94. The Morgan fingerprint density at radius 1 is 1.41 bits per heavy atom. The molecule has 0 aliphatic carbocycles. The van der Waals surface area contributed by atoms with Gasteiger partial charge in [-0.2, -0.15) is 5.10 Å². The zero-order chi connectivity index (χ0) is 15.9. The second kappa shape index (κ2) is 7.71. The van der Waals surface area contributed by atoms with Crippen molar-refractivity contribution in [2.75, 3.05) is 6.61 Å². The van der Waals surface area contributed by atoms with E-state index in [0.29, 0.717) is 16.2 Å². The number of rotatable bonds is 6. The van der Waals surface area contributed by atoms with E-state index < -0.39 is 12.6 Å². The number of halogens is 1. The number of hydrogen-bond acceptors (Lipinski definition) is 5. The molecule has 8 heteroatoms. The van der Waals surface area contributed by atoms with Gasteiger partial charge >= 0.3 is 5.97 Å². The summed E-state index contributed by atoms with van der Waals surface area (Å²) in [6.45, 7) is -0.454. The van der Waals surface area contributed by atoms with Gasteiger partial charge in [0.15, 0.2) is 6.61 Å². The highest BCUT2D eigenvalue weighted by atomic mass is 79.9. The summed E-state index contributed by atoms with van der Waals surface area (Å²) in [5, 5.41) is 14.3. The van der Waals surface area contributed by atoms with E-state index in [2.05, 4.69) is 26.5 Å². The topological polar surface area (TPSA) is 88.0 Å². The van der Waals surface area contributed by atoms with Crippen LogP contribution in [0.25, 0.3) is 0 Å². The number of carbonyl (C=O) groups is 2. The van der Waals surface area contributed by atoms with Gasteiger partial charge in [-0.1, -0.05) is 22.0 Å². The second-order valence-electron chi connectivity index (χ2n) is 4.04. The standard InChI is InChI=1S/C14H11BrN2O4S/c15-10-3-4-11(21-8-13(18)19)9(6-10)7-16-17-14(20)12-2-1-5-22-12/h1-7H,8H2,(H,17,20)(H,18,19)/b16-7+. The first-order valence-electron chi connectivity index (χ1n) is 6.07. The predicted molar refractivity (Wildman–Crippen MR) is 86.7 cm³/mol. The lowest BCUT2D eigenvalue weighted by atomic mass is 10.2. The molecule has 0 spiro atoms. The van der Waals surface area contributed by atoms with Gasteiger partial charge in [-0.05, 0) is 29.6 Å². The molecule has 0 radical (unpaired) electrons. The molecule has 6 nitrogen and oxygen atoms in total. The summed E-state index contributed by atoms with van der Waals surface area (Å²) in [5.41, 5.74) is 2.94. The zero-order valence-corrected chi connectivity index (χ0v) is 13.6. The minimum Gasteiger partial charge on any atom is -0.481 e. The second-order valence-corrected chi connectivity index (χ2v) is 5.90. The number of hydrogen-bond donors (Lipinski definition) is 2. The third kappa shape index (κ3) is 4.68. The van der Waals surface area contributed by atoms with Crippen molar-refractivity contribution in [2.45, 2.75) is 0 Å². The highest BCUT2D eigenvalue weighted by Crippen LogP contribution is 2.21. The number of carboxylic acids is 1. The Morgan fingerprint density at radius 3 is 2.91 bits per heavy atom. The third-order valence-electron chi connectivity index (χ3n) is 2.44. The number of ether oxygens (including phenoxy) is 1. The van der Waals surface area contributed by atoms with Crippen molar-refractivity contribution in [1.29, 1.82) is 0 Å². The van der Waals surface area contributed by atoms with Gasteiger partial charge in [0.1, 0.15) is 5.75 Å². The maximum absolute atomic E-state index is 11.7. The number of amides is 1. The van der Waals surface area contributed by atoms with Gasteiger partial charge < -0.3 is 9.84 Å². The molecule has 1 amide bonds. The first kappa shape index (κ1) is 16.2. The van der Waals surface area contributed by atoms with E-state index in [4.69, 9.17) is 9.84 Å². The number of nitrogens with zero attached hydrogens (tertiary/aromatic N) is 1. The third-order valence-corrected chi connectivity index (χ3v) is 3.80. The van der Waals surface area contributed by atoms with Gasteiger partial charge in [0.2, 0.25) is 0 Å². The summed E-state index contributed by atoms with van der Waals surface area (Å²) in [4.78, 5) is 22.8. The van der Waals surface area contributed by atoms with Crippen LogP contribution in [0.2, 0.25) is 0 Å². The minimum absolute atomic E-state index is 0.311. The fourth-order valence-corrected chi connectivity index (χ4v) is 2.51. The molecule has 0 aliphatic rings. The van der Waals surface area contributed by atoms with E-state index in [1.54, 1.807) is 35.7 Å². The molecule has 0 bridgehead atoms. The average Bonchev–Trinajstić information content (AvgIpc) is 3.00. The van der Waals surface area contributed by atoms with E-state index in [1.807, 2.05) is 0 Å². The highest BCUT2D eigenvalue weighted by Gasteiger charge is 2.07. The normalized spacial score (nSPS) is 10.6. The highest BCUT2D eigenvalue weighted by molar-refractivity contribution is 9.10. The number of nitrogens with one attached hydrogen (secondary N) is 1. The molecule has 22 heavy (non-hydrogen) atoms. The molecular weight excluding hydrogens is 372 g/mol. The van der Waals surface area contributed by atoms with Crippen LogP contribution in [0.4, 0.5) is 0 Å². The number of carbonyl (C=O) groups excluding carboxylic acids is 1. The minimum atomic E-state index is -1.07.